The summed E-state index contributed by atoms with van der Waals surface area (Å²) in [5.74, 6) is 0.776. The van der Waals surface area contributed by atoms with Crippen LogP contribution in [0.4, 0.5) is 0 Å². The highest BCUT2D eigenvalue weighted by atomic mass is 16.5. The van der Waals surface area contributed by atoms with Gasteiger partial charge in [-0.3, -0.25) is 4.90 Å². The van der Waals surface area contributed by atoms with E-state index in [0.717, 1.165) is 18.7 Å². The molecule has 1 aliphatic heterocycles. The van der Waals surface area contributed by atoms with Gasteiger partial charge in [0.25, 0.3) is 0 Å². The molecule has 3 heteroatoms. The van der Waals surface area contributed by atoms with Gasteiger partial charge in [0.1, 0.15) is 0 Å². The summed E-state index contributed by atoms with van der Waals surface area (Å²) in [5, 5.41) is 9.82. The lowest BCUT2D eigenvalue weighted by molar-refractivity contribution is 0.236. The Bertz CT molecular complexity index is 427. The predicted molar refractivity (Wildman–Crippen MR) is 77.6 cm³/mol. The first-order chi connectivity index (χ1) is 9.12. The van der Waals surface area contributed by atoms with Crippen LogP contribution in [-0.2, 0) is 6.54 Å². The summed E-state index contributed by atoms with van der Waals surface area (Å²) in [6.45, 7) is 7.85. The van der Waals surface area contributed by atoms with Gasteiger partial charge in [-0.05, 0) is 48.9 Å². The summed E-state index contributed by atoms with van der Waals surface area (Å²) >= 11 is 0. The number of phenols is 1. The smallest absolute Gasteiger partial charge is 0.160 e. The molecule has 0 spiro atoms. The summed E-state index contributed by atoms with van der Waals surface area (Å²) in [7, 11) is 1.58. The minimum Gasteiger partial charge on any atom is -0.504 e. The van der Waals surface area contributed by atoms with Crippen LogP contribution in [0.5, 0.6) is 11.5 Å². The number of hydrogen-bond acceptors (Lipinski definition) is 3. The highest BCUT2D eigenvalue weighted by Gasteiger charge is 2.34. The maximum Gasteiger partial charge on any atom is 0.160 e. The number of benzene rings is 1. The molecule has 0 aromatic heterocycles. The number of hydrogen-bond donors (Lipinski definition) is 1. The van der Waals surface area contributed by atoms with Gasteiger partial charge >= 0.3 is 0 Å². The molecule has 1 N–H and O–H groups in total. The number of nitrogens with zero attached hydrogens (tertiary/aromatic N) is 1. The van der Waals surface area contributed by atoms with Crippen LogP contribution < -0.4 is 4.74 Å². The summed E-state index contributed by atoms with van der Waals surface area (Å²) in [6, 6.07) is 5.70. The Morgan fingerprint density at radius 3 is 2.58 bits per heavy atom. The van der Waals surface area contributed by atoms with Crippen molar-refractivity contribution in [3.8, 4) is 11.5 Å². The zero-order valence-electron chi connectivity index (χ0n) is 12.3. The molecule has 1 aromatic carbocycles. The lowest BCUT2D eigenvalue weighted by Crippen LogP contribution is -2.26. The Kier molecular flexibility index (Phi) is 4.35. The molecule has 1 aliphatic rings. The van der Waals surface area contributed by atoms with Gasteiger partial charge in [0, 0.05) is 13.1 Å². The van der Waals surface area contributed by atoms with Crippen molar-refractivity contribution in [1.29, 1.82) is 0 Å². The number of ether oxygens (including phenoxy) is 1. The number of aromatic hydroxyl groups is 1. The van der Waals surface area contributed by atoms with E-state index >= 15 is 0 Å². The highest BCUT2D eigenvalue weighted by molar-refractivity contribution is 5.41. The van der Waals surface area contributed by atoms with E-state index < -0.39 is 0 Å². The quantitative estimate of drug-likeness (QED) is 0.883. The molecule has 0 bridgehead atoms. The van der Waals surface area contributed by atoms with Gasteiger partial charge in [0.05, 0.1) is 7.11 Å². The molecule has 0 unspecified atom stereocenters. The van der Waals surface area contributed by atoms with Crippen LogP contribution in [-0.4, -0.2) is 30.2 Å². The van der Waals surface area contributed by atoms with Gasteiger partial charge in [-0.15, -0.1) is 0 Å². The topological polar surface area (TPSA) is 32.7 Å². The number of rotatable bonds is 5. The van der Waals surface area contributed by atoms with Crippen molar-refractivity contribution in [2.75, 3.05) is 20.2 Å². The zero-order valence-corrected chi connectivity index (χ0v) is 12.3. The zero-order chi connectivity index (χ0) is 13.9. The van der Waals surface area contributed by atoms with Gasteiger partial charge in [0.2, 0.25) is 0 Å². The fraction of sp³-hybridized carbons (Fsp3) is 0.625. The Balaban J connectivity index is 2.01. The molecule has 0 saturated carbocycles. The fourth-order valence-electron chi connectivity index (χ4n) is 3.08. The highest BCUT2D eigenvalue weighted by Crippen LogP contribution is 2.37. The second-order valence-corrected chi connectivity index (χ2v) is 5.67. The van der Waals surface area contributed by atoms with Crippen molar-refractivity contribution in [3.05, 3.63) is 23.8 Å². The lowest BCUT2D eigenvalue weighted by Gasteiger charge is -2.26. The van der Waals surface area contributed by atoms with Crippen molar-refractivity contribution in [3.63, 3.8) is 0 Å². The molecule has 106 valence electrons. The van der Waals surface area contributed by atoms with Gasteiger partial charge in [-0.2, -0.15) is 0 Å². The standard InChI is InChI=1S/C16H25NO2/c1-4-16(5-2)8-9-17(12-16)11-13-6-7-15(19-3)14(18)10-13/h6-7,10,18H,4-5,8-9,11-12H2,1-3H3. The SMILES string of the molecule is CCC1(CC)CCN(Cc2ccc(OC)c(O)c2)C1. The Morgan fingerprint density at radius 2 is 2.05 bits per heavy atom. The molecule has 3 nitrogen and oxygen atoms in total. The van der Waals surface area contributed by atoms with Crippen molar-refractivity contribution in [2.45, 2.75) is 39.7 Å². The van der Waals surface area contributed by atoms with Crippen molar-refractivity contribution in [1.82, 2.24) is 4.90 Å². The minimum absolute atomic E-state index is 0.233. The summed E-state index contributed by atoms with van der Waals surface area (Å²) in [4.78, 5) is 2.49. The van der Waals surface area contributed by atoms with E-state index in [2.05, 4.69) is 18.7 Å². The average molecular weight is 263 g/mol. The van der Waals surface area contributed by atoms with Crippen LogP contribution in [0.3, 0.4) is 0 Å². The van der Waals surface area contributed by atoms with Gasteiger partial charge in [-0.1, -0.05) is 19.9 Å². The van der Waals surface area contributed by atoms with Crippen LogP contribution in [0.25, 0.3) is 0 Å². The number of phenolic OH excluding ortho intramolecular Hbond substituents is 1. The van der Waals surface area contributed by atoms with E-state index in [1.54, 1.807) is 7.11 Å². The van der Waals surface area contributed by atoms with Crippen molar-refractivity contribution in [2.24, 2.45) is 5.41 Å². The molecular formula is C16H25NO2. The third-order valence-electron chi connectivity index (χ3n) is 4.67. The predicted octanol–water partition coefficient (Wildman–Crippen LogP) is 3.41. The number of likely N-dealkylation sites (tertiary alicyclic amines) is 1. The van der Waals surface area contributed by atoms with E-state index in [0.29, 0.717) is 11.2 Å². The molecule has 1 saturated heterocycles. The van der Waals surface area contributed by atoms with Crippen molar-refractivity contribution >= 4 is 0 Å². The second-order valence-electron chi connectivity index (χ2n) is 5.67. The van der Waals surface area contributed by atoms with E-state index in [-0.39, 0.29) is 5.75 Å². The monoisotopic (exact) mass is 263 g/mol. The number of methoxy groups -OCH3 is 1. The molecule has 1 fully saturated rings. The van der Waals surface area contributed by atoms with E-state index in [1.807, 2.05) is 18.2 Å². The molecule has 0 aliphatic carbocycles. The fourth-order valence-corrected chi connectivity index (χ4v) is 3.08. The van der Waals surface area contributed by atoms with Crippen LogP contribution in [0.2, 0.25) is 0 Å². The summed E-state index contributed by atoms with van der Waals surface area (Å²) < 4.78 is 5.07. The molecule has 0 radical (unpaired) electrons. The van der Waals surface area contributed by atoms with Crippen LogP contribution in [0.15, 0.2) is 18.2 Å². The minimum atomic E-state index is 0.233. The first kappa shape index (κ1) is 14.2. The van der Waals surface area contributed by atoms with Crippen LogP contribution in [0.1, 0.15) is 38.7 Å². The third kappa shape index (κ3) is 3.03. The van der Waals surface area contributed by atoms with E-state index in [1.165, 1.54) is 25.8 Å². The Hall–Kier alpha value is -1.22. The van der Waals surface area contributed by atoms with Gasteiger partial charge in [0.15, 0.2) is 11.5 Å². The maximum absolute atomic E-state index is 9.82. The van der Waals surface area contributed by atoms with Gasteiger partial charge in [-0.25, -0.2) is 0 Å². The molecule has 0 amide bonds. The average Bonchev–Trinajstić information content (AvgIpc) is 2.83. The second kappa shape index (κ2) is 5.83. The third-order valence-corrected chi connectivity index (χ3v) is 4.67. The largest absolute Gasteiger partial charge is 0.504 e. The molecule has 1 heterocycles. The molecule has 0 atom stereocenters. The van der Waals surface area contributed by atoms with Crippen molar-refractivity contribution < 1.29 is 9.84 Å². The lowest BCUT2D eigenvalue weighted by atomic mass is 9.82. The Labute approximate surface area is 116 Å². The molecule has 19 heavy (non-hydrogen) atoms. The summed E-state index contributed by atoms with van der Waals surface area (Å²) in [5.41, 5.74) is 1.66. The van der Waals surface area contributed by atoms with E-state index in [4.69, 9.17) is 4.74 Å². The maximum atomic E-state index is 9.82. The first-order valence-electron chi connectivity index (χ1n) is 7.20. The molecule has 1 aromatic rings. The molecule has 2 rings (SSSR count). The normalized spacial score (nSPS) is 18.7. The summed E-state index contributed by atoms with van der Waals surface area (Å²) in [6.07, 6.45) is 3.81. The first-order valence-corrected chi connectivity index (χ1v) is 7.20. The van der Waals surface area contributed by atoms with E-state index in [9.17, 15) is 5.11 Å². The van der Waals surface area contributed by atoms with Crippen LogP contribution in [0, 0.1) is 5.41 Å². The van der Waals surface area contributed by atoms with Gasteiger partial charge < -0.3 is 9.84 Å². The molecular weight excluding hydrogens is 238 g/mol. The Morgan fingerprint density at radius 1 is 1.32 bits per heavy atom. The van der Waals surface area contributed by atoms with Crippen LogP contribution >= 0.6 is 0 Å².